The summed E-state index contributed by atoms with van der Waals surface area (Å²) < 4.78 is 6.37. The molecule has 2 heterocycles. The average molecular weight is 382 g/mol. The second-order valence-corrected chi connectivity index (χ2v) is 8.24. The number of hydrogen-bond donors (Lipinski definition) is 0. The quantitative estimate of drug-likeness (QED) is 0.578. The molecule has 0 aliphatic carbocycles. The van der Waals surface area contributed by atoms with Crippen LogP contribution in [0.2, 0.25) is 0 Å². The molecule has 5 heteroatoms. The Kier molecular flexibility index (Phi) is 4.83. The summed E-state index contributed by atoms with van der Waals surface area (Å²) in [6.45, 7) is 2.68. The van der Waals surface area contributed by atoms with Crippen LogP contribution in [0.5, 0.6) is 5.75 Å². The number of carbonyl (C=O) groups excluding carboxylic acids is 1. The first-order valence-electron chi connectivity index (χ1n) is 8.69. The molecule has 2 aliphatic rings. The Bertz CT molecular complexity index is 892. The number of carbonyl (C=O) groups is 1. The highest BCUT2D eigenvalue weighted by Crippen LogP contribution is 2.34. The van der Waals surface area contributed by atoms with Crippen LogP contribution < -0.4 is 4.74 Å². The number of thiocarbonyl (C=S) groups is 1. The van der Waals surface area contributed by atoms with Crippen LogP contribution in [0.1, 0.15) is 23.6 Å². The van der Waals surface area contributed by atoms with Crippen molar-refractivity contribution < 1.29 is 9.53 Å². The fourth-order valence-corrected chi connectivity index (χ4v) is 4.57. The first kappa shape index (κ1) is 17.3. The van der Waals surface area contributed by atoms with Crippen molar-refractivity contribution in [1.29, 1.82) is 0 Å². The van der Waals surface area contributed by atoms with E-state index in [4.69, 9.17) is 17.0 Å². The molecule has 1 saturated heterocycles. The van der Waals surface area contributed by atoms with E-state index in [9.17, 15) is 4.79 Å². The number of nitrogens with zero attached hydrogens (tertiary/aromatic N) is 1. The standard InChI is InChI=1S/C21H19NO2S2/c1-14-11-17-12-16(7-8-18(17)24-14)13-19-20(23)22(21(25)26-19)10-9-15-5-3-2-4-6-15/h2-8,12-14H,9-11H2,1H3. The lowest BCUT2D eigenvalue weighted by Crippen LogP contribution is -2.30. The number of amides is 1. The molecule has 0 radical (unpaired) electrons. The third-order valence-corrected chi connectivity index (χ3v) is 5.94. The molecule has 4 rings (SSSR count). The van der Waals surface area contributed by atoms with E-state index >= 15 is 0 Å². The van der Waals surface area contributed by atoms with Gasteiger partial charge in [0.05, 0.1) is 4.91 Å². The van der Waals surface area contributed by atoms with Crippen LogP contribution in [0.15, 0.2) is 53.4 Å². The van der Waals surface area contributed by atoms with Gasteiger partial charge >= 0.3 is 0 Å². The Hall–Kier alpha value is -2.11. The zero-order valence-corrected chi connectivity index (χ0v) is 16.1. The lowest BCUT2D eigenvalue weighted by molar-refractivity contribution is -0.122. The molecule has 2 aliphatic heterocycles. The fourth-order valence-electron chi connectivity index (χ4n) is 3.26. The van der Waals surface area contributed by atoms with Gasteiger partial charge in [0.25, 0.3) is 5.91 Å². The Morgan fingerprint density at radius 2 is 2.08 bits per heavy atom. The van der Waals surface area contributed by atoms with Crippen molar-refractivity contribution in [3.05, 3.63) is 70.1 Å². The van der Waals surface area contributed by atoms with Gasteiger partial charge in [-0.3, -0.25) is 9.69 Å². The Labute approximate surface area is 163 Å². The van der Waals surface area contributed by atoms with Crippen molar-refractivity contribution in [2.75, 3.05) is 6.54 Å². The maximum absolute atomic E-state index is 12.8. The summed E-state index contributed by atoms with van der Waals surface area (Å²) >= 11 is 6.81. The fraction of sp³-hybridized carbons (Fsp3) is 0.238. The second-order valence-electron chi connectivity index (χ2n) is 6.57. The van der Waals surface area contributed by atoms with Crippen LogP contribution >= 0.6 is 24.0 Å². The molecule has 1 amide bonds. The van der Waals surface area contributed by atoms with Crippen LogP contribution in [0.25, 0.3) is 6.08 Å². The van der Waals surface area contributed by atoms with Crippen molar-refractivity contribution in [1.82, 2.24) is 4.90 Å². The Morgan fingerprint density at radius 3 is 2.88 bits per heavy atom. The number of thioether (sulfide) groups is 1. The van der Waals surface area contributed by atoms with Crippen LogP contribution in [0.4, 0.5) is 0 Å². The van der Waals surface area contributed by atoms with E-state index in [1.165, 1.54) is 22.9 Å². The lowest BCUT2D eigenvalue weighted by atomic mass is 10.1. The van der Waals surface area contributed by atoms with Crippen molar-refractivity contribution in [3.8, 4) is 5.75 Å². The molecule has 132 valence electrons. The highest BCUT2D eigenvalue weighted by molar-refractivity contribution is 8.26. The van der Waals surface area contributed by atoms with Gasteiger partial charge in [0.15, 0.2) is 0 Å². The van der Waals surface area contributed by atoms with Gasteiger partial charge in [-0.05, 0) is 48.2 Å². The largest absolute Gasteiger partial charge is 0.490 e. The summed E-state index contributed by atoms with van der Waals surface area (Å²) in [5.41, 5.74) is 3.43. The van der Waals surface area contributed by atoms with Crippen molar-refractivity contribution in [2.45, 2.75) is 25.9 Å². The number of fused-ring (bicyclic) bond motifs is 1. The third kappa shape index (κ3) is 3.55. The van der Waals surface area contributed by atoms with Gasteiger partial charge in [-0.1, -0.05) is 60.4 Å². The molecular formula is C21H19NO2S2. The highest BCUT2D eigenvalue weighted by Gasteiger charge is 2.31. The Morgan fingerprint density at radius 1 is 1.27 bits per heavy atom. The summed E-state index contributed by atoms with van der Waals surface area (Å²) in [6.07, 6.45) is 3.87. The minimum Gasteiger partial charge on any atom is -0.490 e. The topological polar surface area (TPSA) is 29.5 Å². The first-order valence-corrected chi connectivity index (χ1v) is 9.91. The molecule has 3 nitrogen and oxygen atoms in total. The van der Waals surface area contributed by atoms with Gasteiger partial charge in [-0.25, -0.2) is 0 Å². The summed E-state index contributed by atoms with van der Waals surface area (Å²) in [7, 11) is 0. The summed E-state index contributed by atoms with van der Waals surface area (Å²) in [4.78, 5) is 15.1. The maximum Gasteiger partial charge on any atom is 0.266 e. The monoisotopic (exact) mass is 381 g/mol. The maximum atomic E-state index is 12.8. The molecule has 2 aromatic rings. The summed E-state index contributed by atoms with van der Waals surface area (Å²) in [5, 5.41) is 0. The van der Waals surface area contributed by atoms with Crippen molar-refractivity contribution in [3.63, 3.8) is 0 Å². The molecule has 1 atom stereocenters. The summed E-state index contributed by atoms with van der Waals surface area (Å²) in [5.74, 6) is 0.950. The molecule has 26 heavy (non-hydrogen) atoms. The lowest BCUT2D eigenvalue weighted by Gasteiger charge is -2.14. The van der Waals surface area contributed by atoms with Gasteiger partial charge in [-0.15, -0.1) is 0 Å². The van der Waals surface area contributed by atoms with Crippen molar-refractivity contribution in [2.24, 2.45) is 0 Å². The van der Waals surface area contributed by atoms with Gasteiger partial charge in [0.1, 0.15) is 16.2 Å². The number of hydrogen-bond acceptors (Lipinski definition) is 4. The van der Waals surface area contributed by atoms with Gasteiger partial charge in [0, 0.05) is 13.0 Å². The molecule has 0 N–H and O–H groups in total. The zero-order valence-electron chi connectivity index (χ0n) is 14.5. The van der Waals surface area contributed by atoms with Crippen LogP contribution in [-0.4, -0.2) is 27.8 Å². The molecule has 0 saturated carbocycles. The number of benzene rings is 2. The van der Waals surface area contributed by atoms with E-state index in [0.717, 1.165) is 24.2 Å². The minimum absolute atomic E-state index is 0.000970. The van der Waals surface area contributed by atoms with E-state index in [1.54, 1.807) is 4.90 Å². The molecule has 0 spiro atoms. The summed E-state index contributed by atoms with van der Waals surface area (Å²) in [6, 6.07) is 16.2. The van der Waals surface area contributed by atoms with Gasteiger partial charge < -0.3 is 4.74 Å². The SMILES string of the molecule is CC1Cc2cc(C=C3SC(=S)N(CCc4ccccc4)C3=O)ccc2O1. The zero-order chi connectivity index (χ0) is 18.1. The second kappa shape index (κ2) is 7.25. The van der Waals surface area contributed by atoms with E-state index in [0.29, 0.717) is 15.8 Å². The molecule has 0 bridgehead atoms. The predicted molar refractivity (Wildman–Crippen MR) is 110 cm³/mol. The molecular weight excluding hydrogens is 362 g/mol. The molecule has 1 unspecified atom stereocenters. The number of rotatable bonds is 4. The normalized spacial score (nSPS) is 20.6. The van der Waals surface area contributed by atoms with Crippen LogP contribution in [0, 0.1) is 0 Å². The van der Waals surface area contributed by atoms with Crippen LogP contribution in [-0.2, 0) is 17.6 Å². The first-order chi connectivity index (χ1) is 12.6. The highest BCUT2D eigenvalue weighted by atomic mass is 32.2. The van der Waals surface area contributed by atoms with E-state index in [1.807, 2.05) is 36.4 Å². The van der Waals surface area contributed by atoms with Crippen LogP contribution in [0.3, 0.4) is 0 Å². The molecule has 1 fully saturated rings. The Balaban J connectivity index is 1.48. The average Bonchev–Trinajstić information content (AvgIpc) is 3.13. The van der Waals surface area contributed by atoms with E-state index in [2.05, 4.69) is 25.1 Å². The van der Waals surface area contributed by atoms with E-state index in [-0.39, 0.29) is 12.0 Å². The van der Waals surface area contributed by atoms with Gasteiger partial charge in [-0.2, -0.15) is 0 Å². The van der Waals surface area contributed by atoms with E-state index < -0.39 is 0 Å². The third-order valence-electron chi connectivity index (χ3n) is 4.56. The molecule has 2 aromatic carbocycles. The number of ether oxygens (including phenoxy) is 1. The smallest absolute Gasteiger partial charge is 0.266 e. The minimum atomic E-state index is 0.000970. The van der Waals surface area contributed by atoms with Gasteiger partial charge in [0.2, 0.25) is 0 Å². The molecule has 0 aromatic heterocycles. The van der Waals surface area contributed by atoms with Crippen molar-refractivity contribution >= 4 is 40.3 Å². The predicted octanol–water partition coefficient (Wildman–Crippen LogP) is 4.45.